The van der Waals surface area contributed by atoms with Crippen LogP contribution in [0.2, 0.25) is 0 Å². The van der Waals surface area contributed by atoms with Crippen molar-refractivity contribution >= 4 is 11.9 Å². The summed E-state index contributed by atoms with van der Waals surface area (Å²) >= 11 is 0. The molecule has 0 amide bonds. The van der Waals surface area contributed by atoms with E-state index in [1.165, 1.54) is 0 Å². The van der Waals surface area contributed by atoms with Crippen molar-refractivity contribution in [1.82, 2.24) is 0 Å². The average molecular weight is 209 g/mol. The van der Waals surface area contributed by atoms with Gasteiger partial charge in [0.25, 0.3) is 0 Å². The van der Waals surface area contributed by atoms with Crippen LogP contribution in [0.3, 0.4) is 0 Å². The first-order valence-electron chi connectivity index (χ1n) is 3.52. The predicted octanol–water partition coefficient (Wildman–Crippen LogP) is -3.09. The molecular weight excluding hydrogens is 198 g/mol. The first-order valence-corrected chi connectivity index (χ1v) is 3.52. The van der Waals surface area contributed by atoms with E-state index in [2.05, 4.69) is 0 Å². The maximum atomic E-state index is 10.2. The summed E-state index contributed by atoms with van der Waals surface area (Å²) < 4.78 is 0. The van der Waals surface area contributed by atoms with Crippen LogP contribution in [0.25, 0.3) is 0 Å². The van der Waals surface area contributed by atoms with Crippen LogP contribution in [-0.4, -0.2) is 55.4 Å². The second-order valence-corrected chi connectivity index (χ2v) is 2.78. The molecule has 8 heteroatoms. The number of hydrogen-bond donors (Lipinski definition) is 6. The normalized spacial score (nSPS) is 19.4. The minimum atomic E-state index is -2.77. The van der Waals surface area contributed by atoms with Gasteiger partial charge in [-0.3, -0.25) is 5.73 Å². The van der Waals surface area contributed by atoms with E-state index in [0.717, 1.165) is 0 Å². The molecule has 0 radical (unpaired) electrons. The number of carboxylic acids is 2. The number of rotatable bonds is 5. The molecule has 0 spiro atoms. The standard InChI is InChI=1S/C6H11NO7/c7-6(14,5(12)13)1-2(8)3(9)4(10)11/h2-3,8-9,14H,1,7H2,(H,10,11)(H,12,13)/t2-,3-,6+/m0/s1. The lowest BCUT2D eigenvalue weighted by Crippen LogP contribution is -2.52. The van der Waals surface area contributed by atoms with Gasteiger partial charge in [0.2, 0.25) is 5.72 Å². The number of aliphatic carboxylic acids is 2. The molecule has 0 aromatic rings. The van der Waals surface area contributed by atoms with Crippen LogP contribution in [0.1, 0.15) is 6.42 Å². The molecule has 0 aliphatic carbocycles. The van der Waals surface area contributed by atoms with Crippen LogP contribution >= 0.6 is 0 Å². The van der Waals surface area contributed by atoms with Crippen molar-refractivity contribution in [3.63, 3.8) is 0 Å². The molecule has 0 rings (SSSR count). The van der Waals surface area contributed by atoms with Gasteiger partial charge in [0.1, 0.15) is 0 Å². The molecule has 0 heterocycles. The van der Waals surface area contributed by atoms with Gasteiger partial charge in [-0.2, -0.15) is 0 Å². The highest BCUT2D eigenvalue weighted by Crippen LogP contribution is 2.09. The average Bonchev–Trinajstić information content (AvgIpc) is 2.01. The fraction of sp³-hybridized carbons (Fsp3) is 0.667. The van der Waals surface area contributed by atoms with E-state index in [9.17, 15) is 9.59 Å². The van der Waals surface area contributed by atoms with E-state index in [-0.39, 0.29) is 0 Å². The third kappa shape index (κ3) is 3.26. The minimum absolute atomic E-state index is 0.990. The highest BCUT2D eigenvalue weighted by Gasteiger charge is 2.37. The Bertz CT molecular complexity index is 238. The van der Waals surface area contributed by atoms with Crippen molar-refractivity contribution in [2.45, 2.75) is 24.4 Å². The van der Waals surface area contributed by atoms with Crippen LogP contribution in [0.15, 0.2) is 0 Å². The van der Waals surface area contributed by atoms with Crippen molar-refractivity contribution in [3.8, 4) is 0 Å². The lowest BCUT2D eigenvalue weighted by molar-refractivity contribution is -0.167. The lowest BCUT2D eigenvalue weighted by Gasteiger charge is -2.22. The van der Waals surface area contributed by atoms with Gasteiger partial charge in [0, 0.05) is 6.42 Å². The molecule has 0 fully saturated rings. The van der Waals surface area contributed by atoms with E-state index in [1.54, 1.807) is 0 Å². The molecule has 0 bridgehead atoms. The zero-order chi connectivity index (χ0) is 11.5. The summed E-state index contributed by atoms with van der Waals surface area (Å²) in [4.78, 5) is 20.4. The zero-order valence-corrected chi connectivity index (χ0v) is 6.99. The molecule has 0 aliphatic rings. The Labute approximate surface area is 78.2 Å². The number of nitrogens with two attached hydrogens (primary N) is 1. The highest BCUT2D eigenvalue weighted by molar-refractivity contribution is 5.77. The lowest BCUT2D eigenvalue weighted by atomic mass is 10.0. The van der Waals surface area contributed by atoms with Gasteiger partial charge in [-0.1, -0.05) is 0 Å². The van der Waals surface area contributed by atoms with Gasteiger partial charge in [0.05, 0.1) is 6.10 Å². The van der Waals surface area contributed by atoms with Crippen molar-refractivity contribution in [3.05, 3.63) is 0 Å². The molecule has 82 valence electrons. The predicted molar refractivity (Wildman–Crippen MR) is 41.0 cm³/mol. The molecule has 0 aromatic heterocycles. The van der Waals surface area contributed by atoms with E-state index in [1.807, 2.05) is 0 Å². The molecule has 0 aromatic carbocycles. The summed E-state index contributed by atoms with van der Waals surface area (Å²) in [5, 5.41) is 43.1. The van der Waals surface area contributed by atoms with E-state index >= 15 is 0 Å². The fourth-order valence-electron chi connectivity index (χ4n) is 0.682. The molecule has 7 N–H and O–H groups in total. The molecular formula is C6H11NO7. The SMILES string of the molecule is N[C@@](O)(C[C@H](O)[C@H](O)C(=O)O)C(=O)O. The molecule has 14 heavy (non-hydrogen) atoms. The fourth-order valence-corrected chi connectivity index (χ4v) is 0.682. The number of carboxylic acid groups (broad SMARTS) is 2. The van der Waals surface area contributed by atoms with Crippen LogP contribution < -0.4 is 5.73 Å². The van der Waals surface area contributed by atoms with Gasteiger partial charge in [-0.15, -0.1) is 0 Å². The van der Waals surface area contributed by atoms with Gasteiger partial charge in [-0.05, 0) is 0 Å². The monoisotopic (exact) mass is 209 g/mol. The number of carbonyl (C=O) groups is 2. The van der Waals surface area contributed by atoms with Gasteiger partial charge >= 0.3 is 11.9 Å². The van der Waals surface area contributed by atoms with Gasteiger partial charge in [-0.25, -0.2) is 9.59 Å². The molecule has 0 saturated heterocycles. The van der Waals surface area contributed by atoms with Crippen LogP contribution in [-0.2, 0) is 9.59 Å². The van der Waals surface area contributed by atoms with Crippen LogP contribution in [0.5, 0.6) is 0 Å². The Morgan fingerprint density at radius 1 is 1.29 bits per heavy atom. The maximum Gasteiger partial charge on any atom is 0.351 e. The summed E-state index contributed by atoms with van der Waals surface area (Å²) in [6.07, 6.45) is -5.14. The Balaban J connectivity index is 4.39. The minimum Gasteiger partial charge on any atom is -0.479 e. The molecule has 3 atom stereocenters. The molecule has 8 nitrogen and oxygen atoms in total. The topological polar surface area (TPSA) is 161 Å². The largest absolute Gasteiger partial charge is 0.479 e. The van der Waals surface area contributed by atoms with E-state index < -0.39 is 36.3 Å². The van der Waals surface area contributed by atoms with Crippen molar-refractivity contribution in [2.75, 3.05) is 0 Å². The van der Waals surface area contributed by atoms with Crippen molar-refractivity contribution in [1.29, 1.82) is 0 Å². The summed E-state index contributed by atoms with van der Waals surface area (Å²) in [6.45, 7) is 0. The Kier molecular flexibility index (Phi) is 3.95. The first kappa shape index (κ1) is 12.8. The third-order valence-corrected chi connectivity index (χ3v) is 1.51. The highest BCUT2D eigenvalue weighted by atomic mass is 16.4. The van der Waals surface area contributed by atoms with Gasteiger partial charge in [0.15, 0.2) is 6.10 Å². The van der Waals surface area contributed by atoms with E-state index in [4.69, 9.17) is 31.3 Å². The summed E-state index contributed by atoms with van der Waals surface area (Å²) in [5.41, 5.74) is 2.02. The first-order chi connectivity index (χ1) is 6.18. The second-order valence-electron chi connectivity index (χ2n) is 2.78. The molecule has 0 saturated carbocycles. The van der Waals surface area contributed by atoms with Crippen molar-refractivity contribution < 1.29 is 35.1 Å². The smallest absolute Gasteiger partial charge is 0.351 e. The molecule has 0 aliphatic heterocycles. The number of aliphatic hydroxyl groups excluding tert-OH is 2. The van der Waals surface area contributed by atoms with Gasteiger partial charge < -0.3 is 25.5 Å². The van der Waals surface area contributed by atoms with Crippen LogP contribution in [0, 0.1) is 0 Å². The number of aliphatic hydroxyl groups is 3. The van der Waals surface area contributed by atoms with E-state index in [0.29, 0.717) is 0 Å². The third-order valence-electron chi connectivity index (χ3n) is 1.51. The second kappa shape index (κ2) is 4.33. The number of hydrogen-bond acceptors (Lipinski definition) is 6. The summed E-state index contributed by atoms with van der Waals surface area (Å²) in [7, 11) is 0. The molecule has 0 unspecified atom stereocenters. The summed E-state index contributed by atoms with van der Waals surface area (Å²) in [5.74, 6) is -3.56. The summed E-state index contributed by atoms with van der Waals surface area (Å²) in [6, 6.07) is 0. The van der Waals surface area contributed by atoms with Crippen molar-refractivity contribution in [2.24, 2.45) is 5.73 Å². The Morgan fingerprint density at radius 2 is 1.71 bits per heavy atom. The Hall–Kier alpha value is -1.22. The van der Waals surface area contributed by atoms with Crippen LogP contribution in [0.4, 0.5) is 0 Å². The zero-order valence-electron chi connectivity index (χ0n) is 6.99. The maximum absolute atomic E-state index is 10.2. The quantitative estimate of drug-likeness (QED) is 0.259. The Morgan fingerprint density at radius 3 is 2.00 bits per heavy atom.